The minimum absolute atomic E-state index is 0.0388. The molecule has 19 heavy (non-hydrogen) atoms. The quantitative estimate of drug-likeness (QED) is 0.849. The minimum atomic E-state index is -0.569. The van der Waals surface area contributed by atoms with E-state index in [1.165, 1.54) is 30.3 Å². The summed E-state index contributed by atoms with van der Waals surface area (Å²) in [6.07, 6.45) is 0. The molecule has 2 aromatic rings. The summed E-state index contributed by atoms with van der Waals surface area (Å²) in [7, 11) is 0. The number of rotatable bonds is 3. The van der Waals surface area contributed by atoms with Crippen molar-refractivity contribution in [1.82, 2.24) is 0 Å². The van der Waals surface area contributed by atoms with E-state index in [9.17, 15) is 8.78 Å². The number of ether oxygens (including phenoxy) is 1. The number of benzene rings is 2. The molecule has 0 unspecified atom stereocenters. The van der Waals surface area contributed by atoms with Gasteiger partial charge in [-0.2, -0.15) is 5.26 Å². The van der Waals surface area contributed by atoms with Gasteiger partial charge in [-0.15, -0.1) is 0 Å². The van der Waals surface area contributed by atoms with Gasteiger partial charge >= 0.3 is 0 Å². The maximum atomic E-state index is 13.3. The molecule has 0 aliphatic carbocycles. The molecular formula is C14H8BrF2NO. The van der Waals surface area contributed by atoms with Crippen LogP contribution in [0, 0.1) is 23.0 Å². The van der Waals surface area contributed by atoms with Gasteiger partial charge in [-0.05, 0) is 45.8 Å². The number of hydrogen-bond donors (Lipinski definition) is 0. The van der Waals surface area contributed by atoms with E-state index < -0.39 is 11.6 Å². The van der Waals surface area contributed by atoms with Crippen molar-refractivity contribution in [3.8, 4) is 11.8 Å². The molecule has 0 radical (unpaired) electrons. The first-order chi connectivity index (χ1) is 9.10. The largest absolute Gasteiger partial charge is 0.489 e. The Morgan fingerprint density at radius 1 is 1.11 bits per heavy atom. The smallest absolute Gasteiger partial charge is 0.141 e. The van der Waals surface area contributed by atoms with Gasteiger partial charge in [0, 0.05) is 6.07 Å². The highest BCUT2D eigenvalue weighted by atomic mass is 79.9. The lowest BCUT2D eigenvalue weighted by molar-refractivity contribution is 0.304. The SMILES string of the molecule is N#Cc1cc(COc2ccc(Br)c(F)c2)ccc1F. The highest BCUT2D eigenvalue weighted by molar-refractivity contribution is 9.10. The molecule has 0 amide bonds. The predicted octanol–water partition coefficient (Wildman–Crippen LogP) is 4.18. The first-order valence-electron chi connectivity index (χ1n) is 5.36. The summed E-state index contributed by atoms with van der Waals surface area (Å²) in [4.78, 5) is 0. The topological polar surface area (TPSA) is 33.0 Å². The molecule has 0 fully saturated rings. The Balaban J connectivity index is 2.10. The highest BCUT2D eigenvalue weighted by Gasteiger charge is 2.05. The average molecular weight is 324 g/mol. The molecule has 0 spiro atoms. The van der Waals surface area contributed by atoms with Crippen molar-refractivity contribution in [3.63, 3.8) is 0 Å². The zero-order valence-electron chi connectivity index (χ0n) is 9.66. The number of nitrogens with zero attached hydrogens (tertiary/aromatic N) is 1. The standard InChI is InChI=1S/C14H8BrF2NO/c15-12-3-2-11(6-14(12)17)19-8-9-1-4-13(16)10(5-9)7-18/h1-6H,8H2. The van der Waals surface area contributed by atoms with Gasteiger partial charge in [0.05, 0.1) is 10.0 Å². The maximum absolute atomic E-state index is 13.3. The van der Waals surface area contributed by atoms with Crippen molar-refractivity contribution in [1.29, 1.82) is 5.26 Å². The van der Waals surface area contributed by atoms with E-state index in [-0.39, 0.29) is 12.2 Å². The third-order valence-electron chi connectivity index (χ3n) is 2.45. The van der Waals surface area contributed by atoms with Crippen LogP contribution in [0.25, 0.3) is 0 Å². The number of nitriles is 1. The normalized spacial score (nSPS) is 10.0. The molecule has 0 saturated heterocycles. The Labute approximate surface area is 117 Å². The van der Waals surface area contributed by atoms with Crippen LogP contribution in [0.1, 0.15) is 11.1 Å². The summed E-state index contributed by atoms with van der Waals surface area (Å²) in [5.41, 5.74) is 0.601. The molecule has 0 aliphatic rings. The monoisotopic (exact) mass is 323 g/mol. The van der Waals surface area contributed by atoms with Crippen molar-refractivity contribution in [2.24, 2.45) is 0 Å². The van der Waals surface area contributed by atoms with Crippen LogP contribution in [0.4, 0.5) is 8.78 Å². The second-order valence-corrected chi connectivity index (χ2v) is 4.64. The Hall–Kier alpha value is -1.93. The van der Waals surface area contributed by atoms with Crippen LogP contribution in [-0.2, 0) is 6.61 Å². The molecule has 0 aliphatic heterocycles. The number of hydrogen-bond acceptors (Lipinski definition) is 2. The van der Waals surface area contributed by atoms with E-state index in [2.05, 4.69) is 15.9 Å². The molecule has 0 bridgehead atoms. The Kier molecular flexibility index (Phi) is 4.13. The molecule has 0 heterocycles. The van der Waals surface area contributed by atoms with Gasteiger partial charge in [0.25, 0.3) is 0 Å². The molecular weight excluding hydrogens is 316 g/mol. The molecule has 2 nitrogen and oxygen atoms in total. The van der Waals surface area contributed by atoms with E-state index in [1.807, 2.05) is 0 Å². The van der Waals surface area contributed by atoms with E-state index in [4.69, 9.17) is 10.00 Å². The lowest BCUT2D eigenvalue weighted by atomic mass is 10.1. The third kappa shape index (κ3) is 3.30. The fraction of sp³-hybridized carbons (Fsp3) is 0.0714. The summed E-state index contributed by atoms with van der Waals surface area (Å²) in [6, 6.07) is 10.3. The van der Waals surface area contributed by atoms with Crippen molar-refractivity contribution >= 4 is 15.9 Å². The fourth-order valence-electron chi connectivity index (χ4n) is 1.48. The van der Waals surface area contributed by atoms with Gasteiger partial charge in [-0.3, -0.25) is 0 Å². The first-order valence-corrected chi connectivity index (χ1v) is 6.16. The van der Waals surface area contributed by atoms with E-state index >= 15 is 0 Å². The molecule has 5 heteroatoms. The molecule has 0 atom stereocenters. The molecule has 96 valence electrons. The van der Waals surface area contributed by atoms with Crippen LogP contribution in [0.2, 0.25) is 0 Å². The van der Waals surface area contributed by atoms with Crippen LogP contribution in [0.15, 0.2) is 40.9 Å². The Bertz CT molecular complexity index is 652. The average Bonchev–Trinajstić information content (AvgIpc) is 2.41. The van der Waals surface area contributed by atoms with Crippen LogP contribution >= 0.6 is 15.9 Å². The third-order valence-corrected chi connectivity index (χ3v) is 3.09. The van der Waals surface area contributed by atoms with E-state index in [0.29, 0.717) is 15.8 Å². The molecule has 2 rings (SSSR count). The minimum Gasteiger partial charge on any atom is -0.489 e. The molecule has 2 aromatic carbocycles. The zero-order chi connectivity index (χ0) is 13.8. The van der Waals surface area contributed by atoms with Gasteiger partial charge in [0.1, 0.15) is 30.1 Å². The van der Waals surface area contributed by atoms with Crippen LogP contribution < -0.4 is 4.74 Å². The van der Waals surface area contributed by atoms with Gasteiger partial charge in [-0.25, -0.2) is 8.78 Å². The summed E-state index contributed by atoms with van der Waals surface area (Å²) in [6.45, 7) is 0.135. The van der Waals surface area contributed by atoms with E-state index in [0.717, 1.165) is 0 Å². The zero-order valence-corrected chi connectivity index (χ0v) is 11.2. The van der Waals surface area contributed by atoms with Gasteiger partial charge in [-0.1, -0.05) is 6.07 Å². The van der Waals surface area contributed by atoms with Gasteiger partial charge in [0.2, 0.25) is 0 Å². The maximum Gasteiger partial charge on any atom is 0.141 e. The lowest BCUT2D eigenvalue weighted by Crippen LogP contribution is -1.97. The van der Waals surface area contributed by atoms with Crippen molar-refractivity contribution in [2.75, 3.05) is 0 Å². The predicted molar refractivity (Wildman–Crippen MR) is 69.5 cm³/mol. The van der Waals surface area contributed by atoms with Crippen molar-refractivity contribution in [3.05, 3.63) is 63.6 Å². The van der Waals surface area contributed by atoms with Crippen molar-refractivity contribution in [2.45, 2.75) is 6.61 Å². The lowest BCUT2D eigenvalue weighted by Gasteiger charge is -2.07. The summed E-state index contributed by atoms with van der Waals surface area (Å²) in [5.74, 6) is -0.626. The van der Waals surface area contributed by atoms with Gasteiger partial charge < -0.3 is 4.74 Å². The highest BCUT2D eigenvalue weighted by Crippen LogP contribution is 2.22. The van der Waals surface area contributed by atoms with E-state index in [1.54, 1.807) is 12.1 Å². The van der Waals surface area contributed by atoms with Crippen LogP contribution in [0.3, 0.4) is 0 Å². The number of halogens is 3. The molecule has 0 aromatic heterocycles. The van der Waals surface area contributed by atoms with Crippen molar-refractivity contribution < 1.29 is 13.5 Å². The Morgan fingerprint density at radius 2 is 1.89 bits per heavy atom. The van der Waals surface area contributed by atoms with Gasteiger partial charge in [0.15, 0.2) is 0 Å². The fourth-order valence-corrected chi connectivity index (χ4v) is 1.73. The van der Waals surface area contributed by atoms with Crippen LogP contribution in [0.5, 0.6) is 5.75 Å². The molecule has 0 N–H and O–H groups in total. The summed E-state index contributed by atoms with van der Waals surface area (Å²) in [5, 5.41) is 8.71. The summed E-state index contributed by atoms with van der Waals surface area (Å²) >= 11 is 3.04. The Morgan fingerprint density at radius 3 is 2.58 bits per heavy atom. The first kappa shape index (κ1) is 13.5. The van der Waals surface area contributed by atoms with Crippen LogP contribution in [-0.4, -0.2) is 0 Å². The second kappa shape index (κ2) is 5.81. The summed E-state index contributed by atoms with van der Waals surface area (Å²) < 4.78 is 32.1. The molecule has 0 saturated carbocycles. The second-order valence-electron chi connectivity index (χ2n) is 3.79.